The second kappa shape index (κ2) is 28.0. The first kappa shape index (κ1) is 38.9. The zero-order valence-corrected chi connectivity index (χ0v) is 26.8. The molecule has 0 heterocycles. The van der Waals surface area contributed by atoms with E-state index in [9.17, 15) is 9.46 Å². The van der Waals surface area contributed by atoms with Crippen molar-refractivity contribution in [1.29, 1.82) is 0 Å². The molecule has 1 atom stereocenters. The van der Waals surface area contributed by atoms with E-state index in [-0.39, 0.29) is 13.2 Å². The highest BCUT2D eigenvalue weighted by Gasteiger charge is 2.13. The number of phosphoric ester groups is 1. The Labute approximate surface area is 240 Å². The zero-order valence-electron chi connectivity index (χ0n) is 25.9. The molecule has 10 nitrogen and oxygen atoms in total. The molecule has 11 heteroatoms. The van der Waals surface area contributed by atoms with E-state index < -0.39 is 7.82 Å². The van der Waals surface area contributed by atoms with Crippen LogP contribution >= 0.6 is 7.82 Å². The molecule has 0 saturated heterocycles. The van der Waals surface area contributed by atoms with Crippen molar-refractivity contribution in [2.75, 3.05) is 106 Å². The van der Waals surface area contributed by atoms with E-state index in [1.165, 1.54) is 57.9 Å². The van der Waals surface area contributed by atoms with Crippen LogP contribution in [0, 0.1) is 0 Å². The topological polar surface area (TPSA) is 116 Å². The van der Waals surface area contributed by atoms with Crippen LogP contribution in [0.3, 0.4) is 0 Å². The van der Waals surface area contributed by atoms with Gasteiger partial charge in [0, 0.05) is 26.3 Å². The molecule has 0 aromatic heterocycles. The van der Waals surface area contributed by atoms with Crippen LogP contribution < -0.4 is 26.2 Å². The second-order valence-corrected chi connectivity index (χ2v) is 12.7. The zero-order chi connectivity index (χ0) is 28.9. The minimum absolute atomic E-state index is 0.0913. The summed E-state index contributed by atoms with van der Waals surface area (Å²) in [4.78, 5) is 11.7. The predicted molar refractivity (Wildman–Crippen MR) is 161 cm³/mol. The lowest BCUT2D eigenvalue weighted by molar-refractivity contribution is -0.870. The van der Waals surface area contributed by atoms with E-state index in [1.807, 2.05) is 21.1 Å². The number of likely N-dealkylation sites (N-methyl/N-ethyl adjacent to an activating group) is 1. The highest BCUT2D eigenvalue weighted by atomic mass is 31.2. The Balaban J connectivity index is 3.18. The maximum atomic E-state index is 11.7. The van der Waals surface area contributed by atoms with Crippen molar-refractivity contribution < 1.29 is 27.7 Å². The number of nitrogens with one attached hydrogen (secondary N) is 4. The largest absolute Gasteiger partial charge is 0.756 e. The number of phosphoric acid groups is 1. The van der Waals surface area contributed by atoms with Crippen molar-refractivity contribution in [2.45, 2.75) is 77.6 Å². The number of rotatable bonds is 32. The van der Waals surface area contributed by atoms with Crippen LogP contribution in [-0.2, 0) is 18.3 Å². The van der Waals surface area contributed by atoms with Gasteiger partial charge < -0.3 is 44.4 Å². The van der Waals surface area contributed by atoms with Crippen molar-refractivity contribution in [2.24, 2.45) is 0 Å². The van der Waals surface area contributed by atoms with Crippen LogP contribution in [0.25, 0.3) is 0 Å². The number of nitrogens with zero attached hydrogens (tertiary/aromatic N) is 1. The second-order valence-electron chi connectivity index (χ2n) is 11.3. The van der Waals surface area contributed by atoms with Gasteiger partial charge in [-0.1, -0.05) is 26.2 Å². The van der Waals surface area contributed by atoms with E-state index in [1.54, 1.807) is 0 Å². The normalized spacial score (nSPS) is 13.7. The molecule has 0 spiro atoms. The lowest BCUT2D eigenvalue weighted by Gasteiger charge is -2.27. The summed E-state index contributed by atoms with van der Waals surface area (Å²) in [5.74, 6) is 0. The van der Waals surface area contributed by atoms with Crippen LogP contribution in [-0.4, -0.2) is 111 Å². The minimum atomic E-state index is -4.21. The van der Waals surface area contributed by atoms with Gasteiger partial charge in [0.1, 0.15) is 13.2 Å². The van der Waals surface area contributed by atoms with E-state index >= 15 is 0 Å². The van der Waals surface area contributed by atoms with Gasteiger partial charge in [0.2, 0.25) is 0 Å². The molecule has 0 aliphatic carbocycles. The monoisotopic (exact) mass is 581 g/mol. The van der Waals surface area contributed by atoms with E-state index in [4.69, 9.17) is 13.8 Å². The first-order valence-electron chi connectivity index (χ1n) is 15.6. The van der Waals surface area contributed by atoms with Crippen LogP contribution in [0.5, 0.6) is 0 Å². The number of ether oxygens (including phenoxy) is 1. The Kier molecular flexibility index (Phi) is 27.9. The van der Waals surface area contributed by atoms with Gasteiger partial charge in [0.25, 0.3) is 7.82 Å². The quantitative estimate of drug-likeness (QED) is 0.0541. The Morgan fingerprint density at radius 2 is 1.00 bits per heavy atom. The molecule has 0 fully saturated rings. The van der Waals surface area contributed by atoms with Crippen molar-refractivity contribution >= 4 is 7.82 Å². The first-order chi connectivity index (χ1) is 18.8. The minimum Gasteiger partial charge on any atom is -0.756 e. The third-order valence-electron chi connectivity index (χ3n) is 6.19. The van der Waals surface area contributed by atoms with Crippen molar-refractivity contribution in [3.8, 4) is 0 Å². The Hall–Kier alpha value is -0.130. The van der Waals surface area contributed by atoms with Gasteiger partial charge in [0.05, 0.1) is 27.7 Å². The standard InChI is InChI=1S/C28H64N5O5P/c1-5-6-8-16-29-19-11-12-20-30-17-9-7-10-18-31-22-23-32-21-13-14-25-36-26-15-27-37-39(34,35)38-28-24-33(2,3)4/h29-32H,5-28H2,1-4H3. The summed E-state index contributed by atoms with van der Waals surface area (Å²) in [6, 6.07) is 0. The molecule has 0 aliphatic rings. The van der Waals surface area contributed by atoms with Gasteiger partial charge in [-0.15, -0.1) is 0 Å². The van der Waals surface area contributed by atoms with Gasteiger partial charge in [-0.2, -0.15) is 0 Å². The fourth-order valence-electron chi connectivity index (χ4n) is 3.71. The molecule has 0 saturated carbocycles. The molecule has 0 aliphatic heterocycles. The highest BCUT2D eigenvalue weighted by molar-refractivity contribution is 7.45. The Morgan fingerprint density at radius 3 is 1.54 bits per heavy atom. The van der Waals surface area contributed by atoms with Crippen LogP contribution in [0.15, 0.2) is 0 Å². The van der Waals surface area contributed by atoms with Crippen LogP contribution in [0.2, 0.25) is 0 Å². The number of hydrogen-bond acceptors (Lipinski definition) is 9. The molecule has 0 rings (SSSR count). The molecule has 0 aromatic carbocycles. The summed E-state index contributed by atoms with van der Waals surface area (Å²) in [6.07, 6.45) is 12.8. The third kappa shape index (κ3) is 34.0. The smallest absolute Gasteiger partial charge is 0.268 e. The molecule has 0 aromatic rings. The average molecular weight is 582 g/mol. The summed E-state index contributed by atoms with van der Waals surface area (Å²) in [6.45, 7) is 12.9. The van der Waals surface area contributed by atoms with Gasteiger partial charge in [-0.05, 0) is 90.6 Å². The molecule has 0 radical (unpaired) electrons. The lowest BCUT2D eigenvalue weighted by atomic mass is 10.2. The molecule has 1 unspecified atom stereocenters. The molecule has 39 heavy (non-hydrogen) atoms. The summed E-state index contributed by atoms with van der Waals surface area (Å²) in [5.41, 5.74) is 0. The maximum absolute atomic E-state index is 11.7. The van der Waals surface area contributed by atoms with E-state index in [2.05, 4.69) is 28.2 Å². The van der Waals surface area contributed by atoms with E-state index in [0.29, 0.717) is 30.7 Å². The first-order valence-corrected chi connectivity index (χ1v) is 17.0. The Bertz CT molecular complexity index is 555. The lowest BCUT2D eigenvalue weighted by Crippen LogP contribution is -2.37. The van der Waals surface area contributed by atoms with Crippen molar-refractivity contribution in [1.82, 2.24) is 21.3 Å². The van der Waals surface area contributed by atoms with Crippen LogP contribution in [0.4, 0.5) is 0 Å². The van der Waals surface area contributed by atoms with Gasteiger partial charge in [0.15, 0.2) is 0 Å². The molecular weight excluding hydrogens is 517 g/mol. The van der Waals surface area contributed by atoms with Crippen LogP contribution in [0.1, 0.15) is 77.6 Å². The summed E-state index contributed by atoms with van der Waals surface area (Å²) >= 11 is 0. The van der Waals surface area contributed by atoms with Gasteiger partial charge >= 0.3 is 0 Å². The molecule has 4 N–H and O–H groups in total. The molecule has 0 bridgehead atoms. The number of unbranched alkanes of at least 4 members (excludes halogenated alkanes) is 6. The fraction of sp³-hybridized carbons (Fsp3) is 1.00. The van der Waals surface area contributed by atoms with Gasteiger partial charge in [-0.25, -0.2) is 0 Å². The fourth-order valence-corrected chi connectivity index (χ4v) is 4.44. The Morgan fingerprint density at radius 1 is 0.564 bits per heavy atom. The molecular formula is C28H64N5O5P. The predicted octanol–water partition coefficient (Wildman–Crippen LogP) is 2.88. The highest BCUT2D eigenvalue weighted by Crippen LogP contribution is 2.38. The number of quaternary nitrogens is 1. The maximum Gasteiger partial charge on any atom is 0.268 e. The SMILES string of the molecule is CCCCCNCCCCNCCCCCNCCNCCCCOCCCOP(=O)([O-])OCC[N+](C)(C)C. The molecule has 0 amide bonds. The van der Waals surface area contributed by atoms with E-state index in [0.717, 1.165) is 58.7 Å². The average Bonchev–Trinajstić information content (AvgIpc) is 2.87. The molecule has 236 valence electrons. The van der Waals surface area contributed by atoms with Crippen molar-refractivity contribution in [3.63, 3.8) is 0 Å². The summed E-state index contributed by atoms with van der Waals surface area (Å²) < 4.78 is 27.6. The third-order valence-corrected chi connectivity index (χ3v) is 7.18. The van der Waals surface area contributed by atoms with Crippen molar-refractivity contribution in [3.05, 3.63) is 0 Å². The number of hydrogen-bond donors (Lipinski definition) is 4. The van der Waals surface area contributed by atoms with Gasteiger partial charge in [-0.3, -0.25) is 4.57 Å². The summed E-state index contributed by atoms with van der Waals surface area (Å²) in [7, 11) is 1.72. The summed E-state index contributed by atoms with van der Waals surface area (Å²) in [5, 5.41) is 14.1.